The third-order valence-corrected chi connectivity index (χ3v) is 6.76. The van der Waals surface area contributed by atoms with Gasteiger partial charge in [0.25, 0.3) is 0 Å². The fourth-order valence-electron chi connectivity index (χ4n) is 4.05. The lowest BCUT2D eigenvalue weighted by Crippen LogP contribution is -2.38. The van der Waals surface area contributed by atoms with Crippen molar-refractivity contribution in [1.29, 1.82) is 0 Å². The molecule has 0 aliphatic carbocycles. The number of rotatable bonds is 8. The average Bonchev–Trinajstić information content (AvgIpc) is 3.46. The summed E-state index contributed by atoms with van der Waals surface area (Å²) in [5.41, 5.74) is 4.00. The minimum absolute atomic E-state index is 0.129. The van der Waals surface area contributed by atoms with Crippen molar-refractivity contribution in [3.05, 3.63) is 90.1 Å². The quantitative estimate of drug-likeness (QED) is 0.305. The zero-order valence-electron chi connectivity index (χ0n) is 19.0. The molecule has 0 radical (unpaired) electrons. The van der Waals surface area contributed by atoms with Gasteiger partial charge >= 0.3 is 6.03 Å². The van der Waals surface area contributed by atoms with Gasteiger partial charge in [0.1, 0.15) is 0 Å². The van der Waals surface area contributed by atoms with E-state index in [-0.39, 0.29) is 6.03 Å². The highest BCUT2D eigenvalue weighted by Gasteiger charge is 2.16. The molecule has 2 aromatic heterocycles. The summed E-state index contributed by atoms with van der Waals surface area (Å²) >= 11 is 1.62. The van der Waals surface area contributed by atoms with Gasteiger partial charge in [-0.2, -0.15) is 0 Å². The molecular weight excluding hydrogens is 444 g/mol. The molecule has 7 heteroatoms. The van der Waals surface area contributed by atoms with Crippen molar-refractivity contribution in [1.82, 2.24) is 14.3 Å². The van der Waals surface area contributed by atoms with Gasteiger partial charge in [-0.1, -0.05) is 66.7 Å². The summed E-state index contributed by atoms with van der Waals surface area (Å²) in [6.45, 7) is 1.56. The number of urea groups is 1. The first-order valence-electron chi connectivity index (χ1n) is 11.3. The van der Waals surface area contributed by atoms with Gasteiger partial charge in [0.05, 0.1) is 18.0 Å². The molecule has 172 valence electrons. The number of carbonyl (C=O) groups is 1. The molecule has 0 bridgehead atoms. The molecule has 0 atom stereocenters. The minimum Gasteiger partial charge on any atom is -0.383 e. The molecule has 5 rings (SSSR count). The van der Waals surface area contributed by atoms with Crippen LogP contribution in [0.1, 0.15) is 5.69 Å². The largest absolute Gasteiger partial charge is 0.383 e. The van der Waals surface area contributed by atoms with Crippen molar-refractivity contribution < 1.29 is 9.53 Å². The number of amides is 2. The van der Waals surface area contributed by atoms with Crippen LogP contribution >= 0.6 is 11.3 Å². The molecule has 0 unspecified atom stereocenters. The summed E-state index contributed by atoms with van der Waals surface area (Å²) in [7, 11) is 1.65. The Hall–Kier alpha value is -3.68. The van der Waals surface area contributed by atoms with Crippen LogP contribution in [0, 0.1) is 0 Å². The first kappa shape index (κ1) is 22.1. The Morgan fingerprint density at radius 2 is 1.82 bits per heavy atom. The van der Waals surface area contributed by atoms with Crippen LogP contribution in [0.5, 0.6) is 0 Å². The second-order valence-corrected chi connectivity index (χ2v) is 8.90. The molecule has 2 heterocycles. The van der Waals surface area contributed by atoms with E-state index in [0.29, 0.717) is 19.7 Å². The van der Waals surface area contributed by atoms with Crippen molar-refractivity contribution in [3.63, 3.8) is 0 Å². The van der Waals surface area contributed by atoms with Crippen LogP contribution in [0.3, 0.4) is 0 Å². The highest BCUT2D eigenvalue weighted by molar-refractivity contribution is 7.15. The van der Waals surface area contributed by atoms with E-state index in [9.17, 15) is 4.79 Å². The van der Waals surface area contributed by atoms with Gasteiger partial charge in [0.15, 0.2) is 4.96 Å². The van der Waals surface area contributed by atoms with Crippen LogP contribution in [-0.2, 0) is 11.2 Å². The predicted octanol–water partition coefficient (Wildman–Crippen LogP) is 5.94. The van der Waals surface area contributed by atoms with Crippen LogP contribution in [0.4, 0.5) is 10.5 Å². The number of anilines is 1. The van der Waals surface area contributed by atoms with Gasteiger partial charge in [0, 0.05) is 54.8 Å². The van der Waals surface area contributed by atoms with E-state index in [1.54, 1.807) is 18.4 Å². The van der Waals surface area contributed by atoms with Crippen molar-refractivity contribution in [3.8, 4) is 11.3 Å². The summed E-state index contributed by atoms with van der Waals surface area (Å²) in [6.07, 6.45) is 2.80. The molecular formula is C27H26N4O2S. The summed E-state index contributed by atoms with van der Waals surface area (Å²) < 4.78 is 7.40. The number of hydrogen-bond acceptors (Lipinski definition) is 4. The predicted molar refractivity (Wildman–Crippen MR) is 139 cm³/mol. The highest BCUT2D eigenvalue weighted by Crippen LogP contribution is 2.25. The van der Waals surface area contributed by atoms with Crippen LogP contribution < -0.4 is 5.32 Å². The molecule has 0 aliphatic heterocycles. The molecule has 6 nitrogen and oxygen atoms in total. The number of thiazole rings is 1. The molecule has 0 spiro atoms. The third-order valence-electron chi connectivity index (χ3n) is 5.87. The standard InChI is InChI=1S/C27H26N4O2S/c1-33-17-16-30(26(32)28-24-13-7-11-20-8-5-6-12-23(20)24)15-14-22-19-34-27-29-25(18-31(22)27)21-9-3-2-4-10-21/h2-13,18-19H,14-17H2,1H3,(H,28,32). The maximum absolute atomic E-state index is 13.2. The number of carbonyl (C=O) groups excluding carboxylic acids is 1. The lowest BCUT2D eigenvalue weighted by atomic mass is 10.1. The third kappa shape index (κ3) is 4.66. The minimum atomic E-state index is -0.129. The number of nitrogens with one attached hydrogen (secondary N) is 1. The molecule has 34 heavy (non-hydrogen) atoms. The smallest absolute Gasteiger partial charge is 0.321 e. The number of methoxy groups -OCH3 is 1. The Labute approximate surface area is 202 Å². The molecule has 2 amide bonds. The second-order valence-electron chi connectivity index (χ2n) is 8.06. The molecule has 0 saturated heterocycles. The van der Waals surface area contributed by atoms with Gasteiger partial charge in [0.2, 0.25) is 0 Å². The van der Waals surface area contributed by atoms with E-state index in [1.807, 2.05) is 65.6 Å². The monoisotopic (exact) mass is 470 g/mol. The molecule has 3 aromatic carbocycles. The van der Waals surface area contributed by atoms with Crippen LogP contribution in [0.2, 0.25) is 0 Å². The molecule has 5 aromatic rings. The summed E-state index contributed by atoms with van der Waals surface area (Å²) in [5.74, 6) is 0. The fourth-order valence-corrected chi connectivity index (χ4v) is 4.96. The summed E-state index contributed by atoms with van der Waals surface area (Å²) in [4.78, 5) is 20.8. The fraction of sp³-hybridized carbons (Fsp3) is 0.185. The lowest BCUT2D eigenvalue weighted by molar-refractivity contribution is 0.155. The first-order valence-corrected chi connectivity index (χ1v) is 12.1. The van der Waals surface area contributed by atoms with Crippen LogP contribution in [-0.4, -0.2) is 47.1 Å². The number of ether oxygens (including phenoxy) is 1. The SMILES string of the molecule is COCCN(CCc1csc2nc(-c3ccccc3)cn12)C(=O)Nc1cccc2ccccc12. The van der Waals surface area contributed by atoms with E-state index in [0.717, 1.165) is 44.8 Å². The topological polar surface area (TPSA) is 58.9 Å². The Morgan fingerprint density at radius 1 is 1.03 bits per heavy atom. The van der Waals surface area contributed by atoms with E-state index in [4.69, 9.17) is 9.72 Å². The van der Waals surface area contributed by atoms with Gasteiger partial charge < -0.3 is 15.0 Å². The normalized spacial score (nSPS) is 11.2. The molecule has 0 fully saturated rings. The van der Waals surface area contributed by atoms with Crippen molar-refractivity contribution >= 4 is 38.8 Å². The zero-order valence-corrected chi connectivity index (χ0v) is 19.8. The van der Waals surface area contributed by atoms with Gasteiger partial charge in [-0.3, -0.25) is 4.40 Å². The number of aromatic nitrogens is 2. The first-order chi connectivity index (χ1) is 16.7. The molecule has 0 aliphatic rings. The Kier molecular flexibility index (Phi) is 6.56. The van der Waals surface area contributed by atoms with Crippen molar-refractivity contribution in [2.24, 2.45) is 0 Å². The van der Waals surface area contributed by atoms with E-state index in [1.165, 1.54) is 0 Å². The number of fused-ring (bicyclic) bond motifs is 2. The Bertz CT molecular complexity index is 1400. The maximum Gasteiger partial charge on any atom is 0.321 e. The molecule has 1 N–H and O–H groups in total. The number of nitrogens with zero attached hydrogens (tertiary/aromatic N) is 3. The number of benzene rings is 3. The molecule has 0 saturated carbocycles. The number of imidazole rings is 1. The lowest BCUT2D eigenvalue weighted by Gasteiger charge is -2.23. The van der Waals surface area contributed by atoms with E-state index < -0.39 is 0 Å². The zero-order chi connectivity index (χ0) is 23.3. The summed E-state index contributed by atoms with van der Waals surface area (Å²) in [5, 5.41) is 7.34. The van der Waals surface area contributed by atoms with Crippen molar-refractivity contribution in [2.45, 2.75) is 6.42 Å². The van der Waals surface area contributed by atoms with E-state index in [2.05, 4.69) is 33.4 Å². The maximum atomic E-state index is 13.2. The van der Waals surface area contributed by atoms with Gasteiger partial charge in [-0.15, -0.1) is 11.3 Å². The summed E-state index contributed by atoms with van der Waals surface area (Å²) in [6, 6.07) is 24.0. The van der Waals surface area contributed by atoms with Gasteiger partial charge in [-0.25, -0.2) is 9.78 Å². The Balaban J connectivity index is 1.32. The van der Waals surface area contributed by atoms with Crippen LogP contribution in [0.15, 0.2) is 84.4 Å². The van der Waals surface area contributed by atoms with Crippen LogP contribution in [0.25, 0.3) is 27.0 Å². The second kappa shape index (κ2) is 10.1. The highest BCUT2D eigenvalue weighted by atomic mass is 32.1. The van der Waals surface area contributed by atoms with E-state index >= 15 is 0 Å². The average molecular weight is 471 g/mol. The van der Waals surface area contributed by atoms with Gasteiger partial charge in [-0.05, 0) is 11.5 Å². The van der Waals surface area contributed by atoms with Crippen molar-refractivity contribution in [2.75, 3.05) is 32.1 Å². The Morgan fingerprint density at radius 3 is 2.68 bits per heavy atom. The number of hydrogen-bond donors (Lipinski definition) is 1.